The first-order valence-corrected chi connectivity index (χ1v) is 11.7. The minimum absolute atomic E-state index is 0.318. The molecule has 2 aromatic rings. The Hall–Kier alpha value is -1.43. The lowest BCUT2D eigenvalue weighted by molar-refractivity contribution is 0.00578. The standard InChI is InChI=1S/C24H32BNO2S/c1-6-7-8-11-16-26-19-12-9-10-13-21(19)29-22-17-18(14-15-20(22)26)25-27-23(2,3)24(4,5)28-25/h9-10,12-15,17H,6-8,11,16H2,1-5H3. The van der Waals surface area contributed by atoms with Crippen LogP contribution in [0.2, 0.25) is 0 Å². The first kappa shape index (κ1) is 20.8. The minimum Gasteiger partial charge on any atom is -0.399 e. The van der Waals surface area contributed by atoms with Crippen molar-refractivity contribution in [2.75, 3.05) is 11.4 Å². The van der Waals surface area contributed by atoms with Crippen molar-refractivity contribution in [3.05, 3.63) is 42.5 Å². The van der Waals surface area contributed by atoms with E-state index in [9.17, 15) is 0 Å². The van der Waals surface area contributed by atoms with Crippen LogP contribution in [0.25, 0.3) is 0 Å². The lowest BCUT2D eigenvalue weighted by Gasteiger charge is -2.33. The van der Waals surface area contributed by atoms with Crippen molar-refractivity contribution in [1.29, 1.82) is 0 Å². The van der Waals surface area contributed by atoms with Gasteiger partial charge in [-0.25, -0.2) is 0 Å². The summed E-state index contributed by atoms with van der Waals surface area (Å²) >= 11 is 1.85. The smallest absolute Gasteiger partial charge is 0.399 e. The third kappa shape index (κ3) is 3.97. The van der Waals surface area contributed by atoms with Gasteiger partial charge in [0.1, 0.15) is 0 Å². The number of rotatable bonds is 6. The summed E-state index contributed by atoms with van der Waals surface area (Å²) in [6, 6.07) is 15.4. The second-order valence-electron chi connectivity index (χ2n) is 9.10. The number of benzene rings is 2. The molecule has 2 heterocycles. The largest absolute Gasteiger partial charge is 0.494 e. The van der Waals surface area contributed by atoms with E-state index in [2.05, 4.69) is 82.0 Å². The second-order valence-corrected chi connectivity index (χ2v) is 10.2. The van der Waals surface area contributed by atoms with E-state index >= 15 is 0 Å². The molecule has 0 radical (unpaired) electrons. The van der Waals surface area contributed by atoms with Crippen LogP contribution in [0.4, 0.5) is 11.4 Å². The molecule has 2 aromatic carbocycles. The van der Waals surface area contributed by atoms with E-state index in [-0.39, 0.29) is 18.3 Å². The fraction of sp³-hybridized carbons (Fsp3) is 0.500. The molecule has 2 aliphatic heterocycles. The number of hydrogen-bond donors (Lipinski definition) is 0. The molecule has 5 heteroatoms. The summed E-state index contributed by atoms with van der Waals surface area (Å²) in [4.78, 5) is 5.10. The maximum Gasteiger partial charge on any atom is 0.494 e. The Kier molecular flexibility index (Phi) is 5.76. The van der Waals surface area contributed by atoms with E-state index < -0.39 is 0 Å². The zero-order chi connectivity index (χ0) is 20.6. The Bertz CT molecular complexity index is 867. The summed E-state index contributed by atoms with van der Waals surface area (Å²) < 4.78 is 12.6. The molecule has 29 heavy (non-hydrogen) atoms. The number of unbranched alkanes of at least 4 members (excludes halogenated alkanes) is 3. The molecule has 4 rings (SSSR count). The van der Waals surface area contributed by atoms with E-state index in [1.165, 1.54) is 46.8 Å². The molecule has 0 bridgehead atoms. The normalized spacial score (nSPS) is 19.2. The molecule has 154 valence electrons. The summed E-state index contributed by atoms with van der Waals surface area (Å²) in [5.74, 6) is 0. The average molecular weight is 409 g/mol. The van der Waals surface area contributed by atoms with E-state index in [1.54, 1.807) is 0 Å². The Balaban J connectivity index is 1.62. The van der Waals surface area contributed by atoms with Crippen molar-refractivity contribution in [1.82, 2.24) is 0 Å². The SMILES string of the molecule is CCCCCCN1c2ccccc2Sc2cc(B3OC(C)(C)C(C)(C)O3)ccc21. The van der Waals surface area contributed by atoms with Crippen LogP contribution in [0.5, 0.6) is 0 Å². The average Bonchev–Trinajstić information content (AvgIpc) is 2.91. The van der Waals surface area contributed by atoms with Crippen molar-refractivity contribution < 1.29 is 9.31 Å². The second kappa shape index (κ2) is 8.01. The molecule has 0 aromatic heterocycles. The van der Waals surface area contributed by atoms with Gasteiger partial charge in [0.2, 0.25) is 0 Å². The zero-order valence-corrected chi connectivity index (χ0v) is 19.1. The number of nitrogens with zero attached hydrogens (tertiary/aromatic N) is 1. The van der Waals surface area contributed by atoms with Crippen LogP contribution >= 0.6 is 11.8 Å². The number of hydrogen-bond acceptors (Lipinski definition) is 4. The van der Waals surface area contributed by atoms with Crippen molar-refractivity contribution in [3.8, 4) is 0 Å². The van der Waals surface area contributed by atoms with Gasteiger partial charge in [0, 0.05) is 16.3 Å². The van der Waals surface area contributed by atoms with Crippen LogP contribution < -0.4 is 10.4 Å². The Morgan fingerprint density at radius 2 is 1.55 bits per heavy atom. The van der Waals surface area contributed by atoms with Crippen molar-refractivity contribution in [2.24, 2.45) is 0 Å². The lowest BCUT2D eigenvalue weighted by atomic mass is 9.79. The highest BCUT2D eigenvalue weighted by Gasteiger charge is 2.51. The molecule has 1 saturated heterocycles. The summed E-state index contributed by atoms with van der Waals surface area (Å²) in [5.41, 5.74) is 3.08. The lowest BCUT2D eigenvalue weighted by Crippen LogP contribution is -2.41. The molecule has 0 saturated carbocycles. The topological polar surface area (TPSA) is 21.7 Å². The number of anilines is 2. The molecule has 0 N–H and O–H groups in total. The number of para-hydroxylation sites is 1. The molecular weight excluding hydrogens is 377 g/mol. The van der Waals surface area contributed by atoms with E-state index in [4.69, 9.17) is 9.31 Å². The Labute approximate surface area is 180 Å². The van der Waals surface area contributed by atoms with Crippen LogP contribution in [0.1, 0.15) is 60.3 Å². The van der Waals surface area contributed by atoms with Crippen LogP contribution in [0.3, 0.4) is 0 Å². The summed E-state index contributed by atoms with van der Waals surface area (Å²) in [6.45, 7) is 11.7. The van der Waals surface area contributed by atoms with Gasteiger partial charge >= 0.3 is 7.12 Å². The van der Waals surface area contributed by atoms with Crippen molar-refractivity contribution >= 4 is 35.7 Å². The molecule has 0 amide bonds. The highest BCUT2D eigenvalue weighted by molar-refractivity contribution is 7.99. The van der Waals surface area contributed by atoms with Gasteiger partial charge in [-0.3, -0.25) is 0 Å². The van der Waals surface area contributed by atoms with Gasteiger partial charge in [0.05, 0.1) is 22.6 Å². The quantitative estimate of drug-likeness (QED) is 0.420. The van der Waals surface area contributed by atoms with E-state index in [1.807, 2.05) is 11.8 Å². The predicted octanol–water partition coefficient (Wildman–Crippen LogP) is 6.17. The molecule has 3 nitrogen and oxygen atoms in total. The third-order valence-electron chi connectivity index (χ3n) is 6.41. The molecule has 0 aliphatic carbocycles. The first-order chi connectivity index (χ1) is 13.8. The maximum absolute atomic E-state index is 6.28. The minimum atomic E-state index is -0.321. The summed E-state index contributed by atoms with van der Waals surface area (Å²) in [7, 11) is -0.318. The predicted molar refractivity (Wildman–Crippen MR) is 124 cm³/mol. The highest BCUT2D eigenvalue weighted by Crippen LogP contribution is 2.48. The maximum atomic E-state index is 6.28. The molecule has 0 spiro atoms. The van der Waals surface area contributed by atoms with Gasteiger partial charge in [-0.1, -0.05) is 56.1 Å². The molecule has 0 unspecified atom stereocenters. The van der Waals surface area contributed by atoms with Crippen LogP contribution in [-0.4, -0.2) is 24.9 Å². The van der Waals surface area contributed by atoms with Gasteiger partial charge in [-0.05, 0) is 63.8 Å². The van der Waals surface area contributed by atoms with Crippen molar-refractivity contribution in [3.63, 3.8) is 0 Å². The van der Waals surface area contributed by atoms with E-state index in [0.29, 0.717) is 0 Å². The number of fused-ring (bicyclic) bond motifs is 2. The molecule has 2 aliphatic rings. The molecular formula is C24H32BNO2S. The van der Waals surface area contributed by atoms with Gasteiger partial charge in [0.15, 0.2) is 0 Å². The fourth-order valence-electron chi connectivity index (χ4n) is 3.91. The first-order valence-electron chi connectivity index (χ1n) is 10.9. The Morgan fingerprint density at radius 1 is 0.862 bits per heavy atom. The third-order valence-corrected chi connectivity index (χ3v) is 7.52. The van der Waals surface area contributed by atoms with Crippen LogP contribution in [0.15, 0.2) is 52.3 Å². The van der Waals surface area contributed by atoms with E-state index in [0.717, 1.165) is 12.0 Å². The van der Waals surface area contributed by atoms with Gasteiger partial charge < -0.3 is 14.2 Å². The van der Waals surface area contributed by atoms with Gasteiger partial charge in [-0.2, -0.15) is 0 Å². The summed E-state index contributed by atoms with van der Waals surface area (Å²) in [5, 5.41) is 0. The molecule has 1 fully saturated rings. The van der Waals surface area contributed by atoms with Crippen LogP contribution in [-0.2, 0) is 9.31 Å². The van der Waals surface area contributed by atoms with Gasteiger partial charge in [-0.15, -0.1) is 0 Å². The zero-order valence-electron chi connectivity index (χ0n) is 18.3. The Morgan fingerprint density at radius 3 is 2.28 bits per heavy atom. The van der Waals surface area contributed by atoms with Gasteiger partial charge in [0.25, 0.3) is 0 Å². The molecule has 0 atom stereocenters. The monoisotopic (exact) mass is 409 g/mol. The summed E-state index contributed by atoms with van der Waals surface area (Å²) in [6.07, 6.45) is 5.06. The van der Waals surface area contributed by atoms with Crippen molar-refractivity contribution in [2.45, 2.75) is 81.3 Å². The van der Waals surface area contributed by atoms with Crippen LogP contribution in [0, 0.1) is 0 Å². The fourth-order valence-corrected chi connectivity index (χ4v) is 5.06. The highest BCUT2D eigenvalue weighted by atomic mass is 32.2.